The van der Waals surface area contributed by atoms with Gasteiger partial charge in [-0.2, -0.15) is 0 Å². The first kappa shape index (κ1) is 27.5. The van der Waals surface area contributed by atoms with Crippen LogP contribution in [-0.4, -0.2) is 59.0 Å². The Morgan fingerprint density at radius 1 is 0.976 bits per heavy atom. The Balaban J connectivity index is 1.11. The molecule has 2 unspecified atom stereocenters. The van der Waals surface area contributed by atoms with Crippen LogP contribution >= 0.6 is 0 Å². The number of morpholine rings is 1. The number of ether oxygens (including phenoxy) is 2. The lowest BCUT2D eigenvalue weighted by Crippen LogP contribution is -2.50. The molecule has 0 aromatic heterocycles. The lowest BCUT2D eigenvalue weighted by Gasteiger charge is -2.39. The summed E-state index contributed by atoms with van der Waals surface area (Å²) in [6.45, 7) is 3.18. The van der Waals surface area contributed by atoms with E-state index in [1.54, 1.807) is 0 Å². The van der Waals surface area contributed by atoms with Gasteiger partial charge in [-0.3, -0.25) is 15.0 Å². The van der Waals surface area contributed by atoms with E-state index in [4.69, 9.17) is 9.47 Å². The quantitative estimate of drug-likeness (QED) is 0.276. The van der Waals surface area contributed by atoms with E-state index in [1.807, 2.05) is 72.8 Å². The standard InChI is InChI=1S/C34H38N2O5/c1-2-36-29-20-26(21-30(36)32-31(29)41-32)40-34(39)35-28-19-23(16-17-27(28)24-13-7-4-8-14-24)12-9-15-25(33(37)38)18-22-10-5-3-6-11-22/h3-8,10-11,13-14,16-17,19,25-26,29-32H,2,9,12,15,18,20-21H2,1H3,(H,35,39)(H,37,38)/t25?,26?,29-,30+,31-,32+. The number of piperidine rings is 1. The van der Waals surface area contributed by atoms with Crippen molar-refractivity contribution in [3.8, 4) is 11.1 Å². The number of anilines is 1. The molecule has 2 N–H and O–H groups in total. The van der Waals surface area contributed by atoms with Gasteiger partial charge in [-0.05, 0) is 55.0 Å². The minimum atomic E-state index is -0.763. The molecule has 41 heavy (non-hydrogen) atoms. The van der Waals surface area contributed by atoms with Crippen LogP contribution in [0.5, 0.6) is 0 Å². The number of nitrogens with zero attached hydrogens (tertiary/aromatic N) is 1. The molecule has 0 saturated carbocycles. The third kappa shape index (κ3) is 6.16. The van der Waals surface area contributed by atoms with Crippen LogP contribution in [0, 0.1) is 5.92 Å². The average Bonchev–Trinajstić information content (AvgIpc) is 3.75. The second kappa shape index (κ2) is 12.0. The van der Waals surface area contributed by atoms with E-state index in [0.29, 0.717) is 42.8 Å². The summed E-state index contributed by atoms with van der Waals surface area (Å²) in [5.41, 5.74) is 4.73. The highest BCUT2D eigenvalue weighted by Crippen LogP contribution is 2.48. The highest BCUT2D eigenvalue weighted by atomic mass is 16.6. The van der Waals surface area contributed by atoms with Gasteiger partial charge in [0.15, 0.2) is 0 Å². The van der Waals surface area contributed by atoms with Crippen molar-refractivity contribution < 1.29 is 24.2 Å². The van der Waals surface area contributed by atoms with Gasteiger partial charge in [0, 0.05) is 30.5 Å². The van der Waals surface area contributed by atoms with E-state index in [0.717, 1.165) is 54.5 Å². The van der Waals surface area contributed by atoms with Gasteiger partial charge in [-0.1, -0.05) is 79.7 Å². The van der Waals surface area contributed by atoms with Gasteiger partial charge in [0.2, 0.25) is 0 Å². The molecule has 0 aliphatic carbocycles. The van der Waals surface area contributed by atoms with Crippen molar-refractivity contribution in [3.63, 3.8) is 0 Å². The normalized spacial score (nSPS) is 25.2. The number of likely N-dealkylation sites (N-methyl/N-ethyl adjacent to an activating group) is 1. The molecule has 3 heterocycles. The third-order valence-corrected chi connectivity index (χ3v) is 8.92. The summed E-state index contributed by atoms with van der Waals surface area (Å²) in [6, 6.07) is 26.5. The number of aryl methyl sites for hydroxylation is 1. The molecule has 3 aliphatic rings. The molecule has 3 fully saturated rings. The largest absolute Gasteiger partial charge is 0.481 e. The Morgan fingerprint density at radius 2 is 1.66 bits per heavy atom. The number of carbonyl (C=O) groups excluding carboxylic acids is 1. The molecule has 3 aliphatic heterocycles. The van der Waals surface area contributed by atoms with E-state index in [2.05, 4.69) is 23.2 Å². The molecule has 0 radical (unpaired) electrons. The summed E-state index contributed by atoms with van der Waals surface area (Å²) in [5, 5.41) is 12.8. The van der Waals surface area contributed by atoms with Crippen molar-refractivity contribution in [2.24, 2.45) is 5.92 Å². The molecule has 7 heteroatoms. The number of fused-ring (bicyclic) bond motifs is 5. The SMILES string of the molecule is CCN1[C@@H]2CC(OC(=O)Nc3cc(CCCC(Cc4ccccc4)C(=O)O)ccc3-c3ccccc3)C[C@H]1[C@@H]1O[C@@H]12. The van der Waals surface area contributed by atoms with Crippen molar-refractivity contribution in [1.82, 2.24) is 4.90 Å². The summed E-state index contributed by atoms with van der Waals surface area (Å²) in [4.78, 5) is 27.6. The van der Waals surface area contributed by atoms with E-state index in [-0.39, 0.29) is 6.10 Å². The zero-order valence-electron chi connectivity index (χ0n) is 23.4. The van der Waals surface area contributed by atoms with E-state index in [1.165, 1.54) is 0 Å². The third-order valence-electron chi connectivity index (χ3n) is 8.92. The van der Waals surface area contributed by atoms with Gasteiger partial charge in [0.1, 0.15) is 18.3 Å². The maximum absolute atomic E-state index is 13.2. The van der Waals surface area contributed by atoms with Crippen molar-refractivity contribution >= 4 is 17.7 Å². The van der Waals surface area contributed by atoms with E-state index >= 15 is 0 Å². The molecule has 6 rings (SSSR count). The first-order valence-corrected chi connectivity index (χ1v) is 14.8. The van der Waals surface area contributed by atoms with Gasteiger partial charge in [-0.15, -0.1) is 0 Å². The highest BCUT2D eigenvalue weighted by Gasteiger charge is 2.63. The zero-order valence-corrected chi connectivity index (χ0v) is 23.4. The lowest BCUT2D eigenvalue weighted by molar-refractivity contribution is -0.142. The zero-order chi connectivity index (χ0) is 28.3. The van der Waals surface area contributed by atoms with Crippen molar-refractivity contribution in [1.29, 1.82) is 0 Å². The fourth-order valence-corrected chi connectivity index (χ4v) is 6.89. The number of benzene rings is 3. The number of amides is 1. The second-order valence-corrected chi connectivity index (χ2v) is 11.5. The Bertz CT molecular complexity index is 1350. The molecule has 1 amide bonds. The van der Waals surface area contributed by atoms with Crippen LogP contribution in [0.3, 0.4) is 0 Å². The summed E-state index contributed by atoms with van der Waals surface area (Å²) < 4.78 is 11.8. The molecule has 3 saturated heterocycles. The fourth-order valence-electron chi connectivity index (χ4n) is 6.89. The number of carbonyl (C=O) groups is 2. The Labute approximate surface area is 241 Å². The average molecular weight is 555 g/mol. The molecular formula is C34H38N2O5. The first-order chi connectivity index (χ1) is 20.0. The number of epoxide rings is 1. The summed E-state index contributed by atoms with van der Waals surface area (Å²) in [6.07, 6.45) is 4.21. The molecule has 2 bridgehead atoms. The molecule has 3 aromatic rings. The molecule has 7 nitrogen and oxygen atoms in total. The van der Waals surface area contributed by atoms with Gasteiger partial charge in [0.25, 0.3) is 0 Å². The molecule has 6 atom stereocenters. The number of nitrogens with one attached hydrogen (secondary N) is 1. The maximum Gasteiger partial charge on any atom is 0.411 e. The van der Waals surface area contributed by atoms with Crippen molar-refractivity contribution in [2.45, 2.75) is 75.8 Å². The van der Waals surface area contributed by atoms with Gasteiger partial charge in [-0.25, -0.2) is 4.79 Å². The minimum Gasteiger partial charge on any atom is -0.481 e. The molecular weight excluding hydrogens is 516 g/mol. The van der Waals surface area contributed by atoms with Crippen LogP contribution in [-0.2, 0) is 27.1 Å². The first-order valence-electron chi connectivity index (χ1n) is 14.8. The number of aliphatic carboxylic acids is 1. The van der Waals surface area contributed by atoms with Gasteiger partial charge in [0.05, 0.1) is 11.6 Å². The minimum absolute atomic E-state index is 0.120. The Kier molecular flexibility index (Phi) is 8.08. The van der Waals surface area contributed by atoms with Gasteiger partial charge < -0.3 is 14.6 Å². The van der Waals surface area contributed by atoms with Gasteiger partial charge >= 0.3 is 12.1 Å². The topological polar surface area (TPSA) is 91.4 Å². The molecule has 3 aromatic carbocycles. The van der Waals surface area contributed by atoms with E-state index in [9.17, 15) is 14.7 Å². The van der Waals surface area contributed by atoms with Crippen LogP contribution in [0.4, 0.5) is 10.5 Å². The number of hydrogen-bond donors (Lipinski definition) is 2. The van der Waals surface area contributed by atoms with Crippen molar-refractivity contribution in [2.75, 3.05) is 11.9 Å². The predicted octanol–water partition coefficient (Wildman–Crippen LogP) is 6.17. The van der Waals surface area contributed by atoms with Crippen LogP contribution in [0.1, 0.15) is 43.7 Å². The number of hydrogen-bond acceptors (Lipinski definition) is 5. The molecule has 0 spiro atoms. The lowest BCUT2D eigenvalue weighted by atomic mass is 9.92. The molecule has 214 valence electrons. The van der Waals surface area contributed by atoms with Crippen LogP contribution in [0.25, 0.3) is 11.1 Å². The second-order valence-electron chi connectivity index (χ2n) is 11.5. The smallest absolute Gasteiger partial charge is 0.411 e. The highest BCUT2D eigenvalue weighted by molar-refractivity contribution is 5.91. The van der Waals surface area contributed by atoms with Crippen LogP contribution in [0.15, 0.2) is 78.9 Å². The van der Waals surface area contributed by atoms with Crippen molar-refractivity contribution in [3.05, 3.63) is 90.0 Å². The van der Waals surface area contributed by atoms with Crippen LogP contribution < -0.4 is 5.32 Å². The van der Waals surface area contributed by atoms with Crippen LogP contribution in [0.2, 0.25) is 0 Å². The summed E-state index contributed by atoms with van der Waals surface area (Å²) in [5.74, 6) is -1.19. The number of carboxylic acid groups (broad SMARTS) is 1. The predicted molar refractivity (Wildman–Crippen MR) is 158 cm³/mol. The fraction of sp³-hybridized carbons (Fsp3) is 0.412. The summed E-state index contributed by atoms with van der Waals surface area (Å²) in [7, 11) is 0. The Hall–Kier alpha value is -3.68. The monoisotopic (exact) mass is 554 g/mol. The Morgan fingerprint density at radius 3 is 2.32 bits per heavy atom. The number of carboxylic acids is 1. The van der Waals surface area contributed by atoms with E-state index < -0.39 is 18.0 Å². The summed E-state index contributed by atoms with van der Waals surface area (Å²) >= 11 is 0. The maximum atomic E-state index is 13.2. The number of rotatable bonds is 11.